The number of aliphatic carboxylic acids is 1. The monoisotopic (exact) mass is 353 g/mol. The van der Waals surface area contributed by atoms with Gasteiger partial charge in [0.25, 0.3) is 5.91 Å². The molecule has 132 valence electrons. The van der Waals surface area contributed by atoms with Gasteiger partial charge in [0.2, 0.25) is 0 Å². The summed E-state index contributed by atoms with van der Waals surface area (Å²) in [4.78, 5) is 28.1. The van der Waals surface area contributed by atoms with Gasteiger partial charge in [-0.15, -0.1) is 0 Å². The fourth-order valence-electron chi connectivity index (χ4n) is 3.26. The number of nitrogens with zero attached hydrogens (tertiary/aromatic N) is 2. The van der Waals surface area contributed by atoms with E-state index in [1.54, 1.807) is 28.8 Å². The molecule has 0 radical (unpaired) electrons. The van der Waals surface area contributed by atoms with E-state index in [2.05, 4.69) is 10.3 Å². The second kappa shape index (κ2) is 5.94. The minimum atomic E-state index is -0.806. The maximum Gasteiger partial charge on any atom is 0.307 e. The summed E-state index contributed by atoms with van der Waals surface area (Å²) in [5, 5.41) is 11.7. The number of rotatable bonds is 4. The summed E-state index contributed by atoms with van der Waals surface area (Å²) in [6.07, 6.45) is 2.36. The SMILES string of the molecule is CNC(=O)c1c(-c2ccc(F)cc2)nc2ccc(C3CC3C(=O)O)cn12. The Morgan fingerprint density at radius 1 is 1.23 bits per heavy atom. The number of aromatic nitrogens is 2. The Hall–Kier alpha value is -3.22. The summed E-state index contributed by atoms with van der Waals surface area (Å²) in [6, 6.07) is 9.40. The molecule has 0 saturated heterocycles. The summed E-state index contributed by atoms with van der Waals surface area (Å²) in [6.45, 7) is 0. The second-order valence-electron chi connectivity index (χ2n) is 6.37. The maximum absolute atomic E-state index is 13.2. The van der Waals surface area contributed by atoms with Crippen LogP contribution in [0.3, 0.4) is 0 Å². The molecule has 1 aliphatic carbocycles. The van der Waals surface area contributed by atoms with Gasteiger partial charge in [0.05, 0.1) is 5.92 Å². The highest BCUT2D eigenvalue weighted by Gasteiger charge is 2.44. The van der Waals surface area contributed by atoms with Crippen LogP contribution in [0.25, 0.3) is 16.9 Å². The third-order valence-electron chi connectivity index (χ3n) is 4.74. The molecule has 1 amide bonds. The van der Waals surface area contributed by atoms with Crippen molar-refractivity contribution in [1.29, 1.82) is 0 Å². The molecule has 2 unspecified atom stereocenters. The van der Waals surface area contributed by atoms with E-state index >= 15 is 0 Å². The van der Waals surface area contributed by atoms with Gasteiger partial charge in [-0.05, 0) is 48.2 Å². The molecule has 7 heteroatoms. The minimum Gasteiger partial charge on any atom is -0.481 e. The zero-order valence-corrected chi connectivity index (χ0v) is 13.9. The lowest BCUT2D eigenvalue weighted by Crippen LogP contribution is -2.20. The number of nitrogens with one attached hydrogen (secondary N) is 1. The van der Waals surface area contributed by atoms with Crippen LogP contribution in [0.2, 0.25) is 0 Å². The van der Waals surface area contributed by atoms with Crippen LogP contribution in [0.5, 0.6) is 0 Å². The first-order chi connectivity index (χ1) is 12.5. The highest BCUT2D eigenvalue weighted by atomic mass is 19.1. The Kier molecular flexibility index (Phi) is 3.72. The largest absolute Gasteiger partial charge is 0.481 e. The number of carboxylic acid groups (broad SMARTS) is 1. The molecule has 6 nitrogen and oxygen atoms in total. The predicted molar refractivity (Wildman–Crippen MR) is 92.5 cm³/mol. The molecular formula is C19H16FN3O3. The molecule has 0 spiro atoms. The first-order valence-electron chi connectivity index (χ1n) is 8.22. The van der Waals surface area contributed by atoms with Crippen LogP contribution in [0, 0.1) is 11.7 Å². The number of amides is 1. The summed E-state index contributed by atoms with van der Waals surface area (Å²) in [7, 11) is 1.53. The molecule has 1 fully saturated rings. The fraction of sp³-hybridized carbons (Fsp3) is 0.211. The number of hydrogen-bond donors (Lipinski definition) is 2. The molecule has 2 N–H and O–H groups in total. The Labute approximate surface area is 148 Å². The number of halogens is 1. The number of pyridine rings is 1. The Balaban J connectivity index is 1.86. The van der Waals surface area contributed by atoms with Crippen molar-refractivity contribution in [3.05, 3.63) is 59.7 Å². The van der Waals surface area contributed by atoms with E-state index in [1.807, 2.05) is 6.07 Å². The average Bonchev–Trinajstić information content (AvgIpc) is 3.36. The molecule has 1 aliphatic rings. The van der Waals surface area contributed by atoms with Gasteiger partial charge in [-0.25, -0.2) is 9.37 Å². The van der Waals surface area contributed by atoms with Gasteiger partial charge in [0, 0.05) is 18.8 Å². The van der Waals surface area contributed by atoms with Gasteiger partial charge < -0.3 is 10.4 Å². The molecule has 2 atom stereocenters. The number of carbonyl (C=O) groups excluding carboxylic acids is 1. The Morgan fingerprint density at radius 3 is 2.58 bits per heavy atom. The van der Waals surface area contributed by atoms with E-state index < -0.39 is 5.97 Å². The standard InChI is InChI=1S/C19H16FN3O3/c1-21-18(24)17-16(10-2-5-12(20)6-3-10)22-15-7-4-11(9-23(15)17)13-8-14(13)19(25)26/h2-7,9,13-14H,8H2,1H3,(H,21,24)(H,25,26). The Bertz CT molecular complexity index is 1030. The highest BCUT2D eigenvalue weighted by molar-refractivity contribution is 5.99. The topological polar surface area (TPSA) is 83.7 Å². The van der Waals surface area contributed by atoms with Crippen molar-refractivity contribution in [3.63, 3.8) is 0 Å². The van der Waals surface area contributed by atoms with Crippen LogP contribution in [-0.4, -0.2) is 33.4 Å². The van der Waals surface area contributed by atoms with E-state index in [1.165, 1.54) is 19.2 Å². The average molecular weight is 353 g/mol. The lowest BCUT2D eigenvalue weighted by Gasteiger charge is -2.06. The number of hydrogen-bond acceptors (Lipinski definition) is 3. The van der Waals surface area contributed by atoms with E-state index in [0.717, 1.165) is 5.56 Å². The van der Waals surface area contributed by atoms with E-state index in [9.17, 15) is 14.0 Å². The zero-order chi connectivity index (χ0) is 18.4. The number of carbonyl (C=O) groups is 2. The quantitative estimate of drug-likeness (QED) is 0.755. The van der Waals surface area contributed by atoms with Crippen molar-refractivity contribution in [2.45, 2.75) is 12.3 Å². The molecule has 1 aromatic carbocycles. The molecule has 0 bridgehead atoms. The number of fused-ring (bicyclic) bond motifs is 1. The lowest BCUT2D eigenvalue weighted by molar-refractivity contribution is -0.138. The van der Waals surface area contributed by atoms with E-state index in [-0.39, 0.29) is 23.6 Å². The molecule has 1 saturated carbocycles. The van der Waals surface area contributed by atoms with E-state index in [0.29, 0.717) is 29.0 Å². The summed E-state index contributed by atoms with van der Waals surface area (Å²) in [5.41, 5.74) is 2.85. The minimum absolute atomic E-state index is 0.0499. The molecule has 0 aliphatic heterocycles. The normalized spacial score (nSPS) is 18.7. The Morgan fingerprint density at radius 2 is 1.96 bits per heavy atom. The predicted octanol–water partition coefficient (Wildman–Crippen LogP) is 2.69. The first-order valence-corrected chi connectivity index (χ1v) is 8.22. The molecule has 4 rings (SSSR count). The molecule has 2 heterocycles. The van der Waals surface area contributed by atoms with E-state index in [4.69, 9.17) is 5.11 Å². The maximum atomic E-state index is 13.2. The van der Waals surface area contributed by atoms with Gasteiger partial charge in [-0.1, -0.05) is 6.07 Å². The smallest absolute Gasteiger partial charge is 0.307 e. The van der Waals surface area contributed by atoms with Crippen LogP contribution in [0.1, 0.15) is 28.4 Å². The summed E-state index contributed by atoms with van der Waals surface area (Å²) >= 11 is 0. The highest BCUT2D eigenvalue weighted by Crippen LogP contribution is 2.47. The van der Waals surface area contributed by atoms with Gasteiger partial charge in [-0.2, -0.15) is 0 Å². The summed E-state index contributed by atoms with van der Waals surface area (Å²) < 4.78 is 14.9. The van der Waals surface area contributed by atoms with Crippen LogP contribution in [0.15, 0.2) is 42.6 Å². The van der Waals surface area contributed by atoms with Crippen molar-refractivity contribution in [3.8, 4) is 11.3 Å². The van der Waals surface area contributed by atoms with Crippen molar-refractivity contribution in [2.24, 2.45) is 5.92 Å². The van der Waals surface area contributed by atoms with Crippen LogP contribution in [0.4, 0.5) is 4.39 Å². The molecular weight excluding hydrogens is 337 g/mol. The van der Waals surface area contributed by atoms with Crippen molar-refractivity contribution in [1.82, 2.24) is 14.7 Å². The number of benzene rings is 1. The van der Waals surface area contributed by atoms with Gasteiger partial charge in [0.1, 0.15) is 22.9 Å². The molecule has 3 aromatic rings. The van der Waals surface area contributed by atoms with Crippen LogP contribution < -0.4 is 5.32 Å². The van der Waals surface area contributed by atoms with Crippen molar-refractivity contribution >= 4 is 17.5 Å². The van der Waals surface area contributed by atoms with Crippen molar-refractivity contribution < 1.29 is 19.1 Å². The molecule has 2 aromatic heterocycles. The zero-order valence-electron chi connectivity index (χ0n) is 13.9. The number of carboxylic acids is 1. The summed E-state index contributed by atoms with van der Waals surface area (Å²) in [5.74, 6) is -1.92. The second-order valence-corrected chi connectivity index (χ2v) is 6.37. The third-order valence-corrected chi connectivity index (χ3v) is 4.74. The lowest BCUT2D eigenvalue weighted by atomic mass is 10.1. The van der Waals surface area contributed by atoms with Crippen molar-refractivity contribution in [2.75, 3.05) is 7.05 Å². The number of imidazole rings is 1. The first kappa shape index (κ1) is 16.3. The van der Waals surface area contributed by atoms with Gasteiger partial charge >= 0.3 is 5.97 Å². The van der Waals surface area contributed by atoms with Gasteiger partial charge in [-0.3, -0.25) is 14.0 Å². The van der Waals surface area contributed by atoms with Crippen LogP contribution >= 0.6 is 0 Å². The van der Waals surface area contributed by atoms with Gasteiger partial charge in [0.15, 0.2) is 0 Å². The third kappa shape index (κ3) is 2.61. The van der Waals surface area contributed by atoms with Crippen LogP contribution in [-0.2, 0) is 4.79 Å². The fourth-order valence-corrected chi connectivity index (χ4v) is 3.26. The molecule has 26 heavy (non-hydrogen) atoms.